The van der Waals surface area contributed by atoms with Crippen LogP contribution in [0.5, 0.6) is 5.75 Å². The minimum absolute atomic E-state index is 0.474. The quantitative estimate of drug-likeness (QED) is 0.787. The number of fused-ring (bicyclic) bond motifs is 1. The minimum Gasteiger partial charge on any atom is -0.491 e. The third-order valence-corrected chi connectivity index (χ3v) is 3.55. The molecule has 3 rings (SSSR count). The van der Waals surface area contributed by atoms with E-state index in [1.54, 1.807) is 0 Å². The number of para-hydroxylation sites is 1. The van der Waals surface area contributed by atoms with Gasteiger partial charge in [-0.3, -0.25) is 0 Å². The van der Waals surface area contributed by atoms with Crippen LogP contribution in [0.25, 0.3) is 0 Å². The molecule has 3 nitrogen and oxygen atoms in total. The number of hydrogen-bond acceptors (Lipinski definition) is 3. The molecule has 0 N–H and O–H groups in total. The van der Waals surface area contributed by atoms with Gasteiger partial charge >= 0.3 is 0 Å². The summed E-state index contributed by atoms with van der Waals surface area (Å²) in [4.78, 5) is 6.70. The molecule has 0 spiro atoms. The zero-order valence-corrected chi connectivity index (χ0v) is 11.3. The number of nitrogens with zero attached hydrogens (tertiary/aromatic N) is 2. The average molecular weight is 275 g/mol. The normalized spacial score (nSPS) is 14.5. The number of ether oxygens (including phenoxy) is 1. The predicted octanol–water partition coefficient (Wildman–Crippen LogP) is 3.22. The Labute approximate surface area is 117 Å². The van der Waals surface area contributed by atoms with Crippen LogP contribution in [0.3, 0.4) is 0 Å². The highest BCUT2D eigenvalue weighted by Crippen LogP contribution is 2.27. The Morgan fingerprint density at radius 3 is 3.00 bits per heavy atom. The maximum Gasteiger partial charge on any atom is 0.133 e. The number of pyridine rings is 1. The van der Waals surface area contributed by atoms with Crippen LogP contribution in [-0.4, -0.2) is 18.1 Å². The lowest BCUT2D eigenvalue weighted by molar-refractivity contribution is 0.331. The van der Waals surface area contributed by atoms with Gasteiger partial charge in [0, 0.05) is 23.9 Å². The Morgan fingerprint density at radius 1 is 1.21 bits per heavy atom. The van der Waals surface area contributed by atoms with E-state index in [9.17, 15) is 0 Å². The minimum atomic E-state index is 0.474. The number of halogens is 1. The van der Waals surface area contributed by atoms with Gasteiger partial charge in [-0.25, -0.2) is 4.98 Å². The van der Waals surface area contributed by atoms with Crippen molar-refractivity contribution in [2.45, 2.75) is 12.4 Å². The zero-order chi connectivity index (χ0) is 13.1. The first kappa shape index (κ1) is 12.3. The molecule has 0 bridgehead atoms. The molecule has 2 aromatic rings. The Hall–Kier alpha value is -1.74. The maximum absolute atomic E-state index is 5.99. The molecular formula is C15H15ClN2O. The van der Waals surface area contributed by atoms with Crippen LogP contribution in [0.15, 0.2) is 42.6 Å². The van der Waals surface area contributed by atoms with Crippen LogP contribution in [0.1, 0.15) is 11.1 Å². The Morgan fingerprint density at radius 2 is 2.11 bits per heavy atom. The molecule has 98 valence electrons. The SMILES string of the molecule is ClCc1cccnc1N1CCOc2ccccc2C1. The molecule has 1 aliphatic heterocycles. The molecule has 0 saturated carbocycles. The summed E-state index contributed by atoms with van der Waals surface area (Å²) in [5, 5.41) is 0. The zero-order valence-electron chi connectivity index (χ0n) is 10.6. The van der Waals surface area contributed by atoms with Gasteiger partial charge in [-0.15, -0.1) is 11.6 Å². The van der Waals surface area contributed by atoms with E-state index < -0.39 is 0 Å². The van der Waals surface area contributed by atoms with Crippen molar-refractivity contribution >= 4 is 17.4 Å². The van der Waals surface area contributed by atoms with E-state index in [1.165, 1.54) is 5.56 Å². The summed E-state index contributed by atoms with van der Waals surface area (Å²) < 4.78 is 5.77. The summed E-state index contributed by atoms with van der Waals surface area (Å²) in [6.45, 7) is 2.28. The molecule has 19 heavy (non-hydrogen) atoms. The monoisotopic (exact) mass is 274 g/mol. The topological polar surface area (TPSA) is 25.4 Å². The lowest BCUT2D eigenvalue weighted by atomic mass is 10.2. The van der Waals surface area contributed by atoms with Gasteiger partial charge in [0.15, 0.2) is 0 Å². The van der Waals surface area contributed by atoms with E-state index in [2.05, 4.69) is 16.0 Å². The lowest BCUT2D eigenvalue weighted by Crippen LogP contribution is -2.27. The molecular weight excluding hydrogens is 260 g/mol. The number of aromatic nitrogens is 1. The van der Waals surface area contributed by atoms with Crippen LogP contribution in [0.4, 0.5) is 5.82 Å². The summed E-state index contributed by atoms with van der Waals surface area (Å²) in [5.41, 5.74) is 2.25. The van der Waals surface area contributed by atoms with Gasteiger partial charge in [-0.05, 0) is 12.1 Å². The Bertz CT molecular complexity index is 574. The molecule has 0 radical (unpaired) electrons. The molecule has 0 unspecified atom stereocenters. The molecule has 1 aromatic heterocycles. The largest absolute Gasteiger partial charge is 0.491 e. The fourth-order valence-electron chi connectivity index (χ4n) is 2.33. The van der Waals surface area contributed by atoms with Gasteiger partial charge in [-0.2, -0.15) is 0 Å². The van der Waals surface area contributed by atoms with Gasteiger partial charge in [0.2, 0.25) is 0 Å². The van der Waals surface area contributed by atoms with Crippen molar-refractivity contribution < 1.29 is 4.74 Å². The predicted molar refractivity (Wildman–Crippen MR) is 76.8 cm³/mol. The second kappa shape index (κ2) is 5.49. The van der Waals surface area contributed by atoms with E-state index in [-0.39, 0.29) is 0 Å². The maximum atomic E-state index is 5.99. The van der Waals surface area contributed by atoms with Crippen LogP contribution >= 0.6 is 11.6 Å². The van der Waals surface area contributed by atoms with E-state index in [0.717, 1.165) is 30.2 Å². The third-order valence-electron chi connectivity index (χ3n) is 3.26. The molecule has 0 amide bonds. The van der Waals surface area contributed by atoms with E-state index in [1.807, 2.05) is 36.5 Å². The first-order valence-electron chi connectivity index (χ1n) is 6.34. The molecule has 1 aliphatic rings. The van der Waals surface area contributed by atoms with E-state index >= 15 is 0 Å². The molecule has 4 heteroatoms. The van der Waals surface area contributed by atoms with Crippen molar-refractivity contribution in [3.05, 3.63) is 53.7 Å². The van der Waals surface area contributed by atoms with Crippen LogP contribution < -0.4 is 9.64 Å². The highest BCUT2D eigenvalue weighted by molar-refractivity contribution is 6.17. The van der Waals surface area contributed by atoms with Crippen LogP contribution in [0.2, 0.25) is 0 Å². The van der Waals surface area contributed by atoms with Crippen molar-refractivity contribution in [1.82, 2.24) is 4.98 Å². The second-order valence-electron chi connectivity index (χ2n) is 4.50. The van der Waals surface area contributed by atoms with Crippen molar-refractivity contribution in [2.24, 2.45) is 0 Å². The highest BCUT2D eigenvalue weighted by Gasteiger charge is 2.18. The molecule has 0 saturated heterocycles. The summed E-state index contributed by atoms with van der Waals surface area (Å²) >= 11 is 5.99. The number of rotatable bonds is 2. The second-order valence-corrected chi connectivity index (χ2v) is 4.76. The fourth-order valence-corrected chi connectivity index (χ4v) is 2.53. The number of anilines is 1. The molecule has 1 aromatic carbocycles. The Balaban J connectivity index is 1.94. The number of benzene rings is 1. The molecule has 0 aliphatic carbocycles. The average Bonchev–Trinajstić information content (AvgIpc) is 2.69. The van der Waals surface area contributed by atoms with Gasteiger partial charge < -0.3 is 9.64 Å². The van der Waals surface area contributed by atoms with Crippen molar-refractivity contribution in [3.8, 4) is 5.75 Å². The summed E-state index contributed by atoms with van der Waals surface area (Å²) in [6.07, 6.45) is 1.81. The summed E-state index contributed by atoms with van der Waals surface area (Å²) in [6, 6.07) is 12.1. The van der Waals surface area contributed by atoms with Crippen molar-refractivity contribution in [3.63, 3.8) is 0 Å². The highest BCUT2D eigenvalue weighted by atomic mass is 35.5. The van der Waals surface area contributed by atoms with Crippen LogP contribution in [0, 0.1) is 0 Å². The van der Waals surface area contributed by atoms with Crippen LogP contribution in [-0.2, 0) is 12.4 Å². The van der Waals surface area contributed by atoms with Gasteiger partial charge in [-0.1, -0.05) is 24.3 Å². The van der Waals surface area contributed by atoms with Crippen molar-refractivity contribution in [2.75, 3.05) is 18.1 Å². The van der Waals surface area contributed by atoms with Crippen molar-refractivity contribution in [1.29, 1.82) is 0 Å². The summed E-state index contributed by atoms with van der Waals surface area (Å²) in [7, 11) is 0. The first-order chi connectivity index (χ1) is 9.38. The molecule has 2 heterocycles. The Kier molecular flexibility index (Phi) is 3.56. The van der Waals surface area contributed by atoms with E-state index in [4.69, 9.17) is 16.3 Å². The fraction of sp³-hybridized carbons (Fsp3) is 0.267. The smallest absolute Gasteiger partial charge is 0.133 e. The lowest BCUT2D eigenvalue weighted by Gasteiger charge is -2.22. The number of hydrogen-bond donors (Lipinski definition) is 0. The first-order valence-corrected chi connectivity index (χ1v) is 6.87. The number of alkyl halides is 1. The van der Waals surface area contributed by atoms with Gasteiger partial charge in [0.25, 0.3) is 0 Å². The molecule has 0 atom stereocenters. The summed E-state index contributed by atoms with van der Waals surface area (Å²) in [5.74, 6) is 2.40. The van der Waals surface area contributed by atoms with E-state index in [0.29, 0.717) is 12.5 Å². The standard InChI is InChI=1S/C15H15ClN2O/c16-10-12-5-3-7-17-15(12)18-8-9-19-14-6-2-1-4-13(14)11-18/h1-7H,8-11H2. The van der Waals surface area contributed by atoms with Gasteiger partial charge in [0.05, 0.1) is 12.4 Å². The third kappa shape index (κ3) is 2.51. The van der Waals surface area contributed by atoms with Gasteiger partial charge in [0.1, 0.15) is 18.2 Å². The molecule has 0 fully saturated rings.